The van der Waals surface area contributed by atoms with E-state index in [1.54, 1.807) is 0 Å². The molecule has 1 aromatic carbocycles. The summed E-state index contributed by atoms with van der Waals surface area (Å²) in [7, 11) is 0. The van der Waals surface area contributed by atoms with Crippen LogP contribution >= 0.6 is 11.3 Å². The third-order valence-corrected chi connectivity index (χ3v) is 6.21. The van der Waals surface area contributed by atoms with Gasteiger partial charge in [0.1, 0.15) is 0 Å². The molecule has 2 aliphatic rings. The highest BCUT2D eigenvalue weighted by Crippen LogP contribution is 2.29. The molecule has 1 N–H and O–H groups in total. The number of nitrogens with zero attached hydrogens (tertiary/aromatic N) is 3. The predicted molar refractivity (Wildman–Crippen MR) is 98.1 cm³/mol. The number of hydrogen-bond donors (Lipinski definition) is 1. The van der Waals surface area contributed by atoms with Crippen LogP contribution in [0.4, 0.5) is 0 Å². The number of rotatable bonds is 3. The summed E-state index contributed by atoms with van der Waals surface area (Å²) in [6, 6.07) is 7.19. The Balaban J connectivity index is 1.33. The molecule has 0 aliphatic carbocycles. The van der Waals surface area contributed by atoms with Crippen molar-refractivity contribution in [3.8, 4) is 11.1 Å². The molecule has 0 radical (unpaired) electrons. The van der Waals surface area contributed by atoms with Gasteiger partial charge in [-0.1, -0.05) is 17.4 Å². The van der Waals surface area contributed by atoms with Crippen LogP contribution in [0.25, 0.3) is 21.3 Å². The topological polar surface area (TPSA) is 63.2 Å². The fourth-order valence-electron chi connectivity index (χ4n) is 3.76. The molecule has 2 aromatic heterocycles. The molecule has 25 heavy (non-hydrogen) atoms. The predicted octanol–water partition coefficient (Wildman–Crippen LogP) is 2.49. The number of nitrogens with one attached hydrogen (secondary N) is 1. The number of piperidine rings is 1. The van der Waals surface area contributed by atoms with E-state index in [0.717, 1.165) is 60.5 Å². The Labute approximate surface area is 149 Å². The maximum absolute atomic E-state index is 11.5. The van der Waals surface area contributed by atoms with Crippen molar-refractivity contribution >= 4 is 21.6 Å². The minimum atomic E-state index is -0.00790. The molecule has 7 heteroatoms. The van der Waals surface area contributed by atoms with Crippen LogP contribution in [0.5, 0.6) is 0 Å². The van der Waals surface area contributed by atoms with Crippen molar-refractivity contribution in [1.29, 1.82) is 0 Å². The molecular weight excluding hydrogens is 336 g/mol. The number of hydrogen-bond acceptors (Lipinski definition) is 5. The molecule has 0 unspecified atom stereocenters. The molecule has 0 atom stereocenters. The number of likely N-dealkylation sites (tertiary alicyclic amines) is 1. The van der Waals surface area contributed by atoms with Gasteiger partial charge in [-0.05, 0) is 30.5 Å². The standard InChI is InChI=1S/C18H20N4O2S/c23-18-20-16-2-1-12(7-17(16)25-18)13-8-19-22(9-13)14-3-5-21(6-4-14)15-10-24-11-15/h1-2,7-9,14-15H,3-6,10-11H2,(H,20,23). The molecule has 6 nitrogen and oxygen atoms in total. The van der Waals surface area contributed by atoms with Crippen molar-refractivity contribution in [2.75, 3.05) is 26.3 Å². The van der Waals surface area contributed by atoms with Crippen molar-refractivity contribution < 1.29 is 4.74 Å². The van der Waals surface area contributed by atoms with E-state index in [-0.39, 0.29) is 4.87 Å². The number of thiazole rings is 1. The molecule has 2 fully saturated rings. The summed E-state index contributed by atoms with van der Waals surface area (Å²) in [5.41, 5.74) is 3.12. The quantitative estimate of drug-likeness (QED) is 0.783. The van der Waals surface area contributed by atoms with Gasteiger partial charge in [0.15, 0.2) is 0 Å². The molecule has 0 bridgehead atoms. The first-order valence-corrected chi connectivity index (χ1v) is 9.57. The summed E-state index contributed by atoms with van der Waals surface area (Å²) >= 11 is 1.25. The van der Waals surface area contributed by atoms with Gasteiger partial charge in [0.05, 0.1) is 41.7 Å². The van der Waals surface area contributed by atoms with Crippen molar-refractivity contribution in [3.63, 3.8) is 0 Å². The Morgan fingerprint density at radius 1 is 1.16 bits per heavy atom. The zero-order chi connectivity index (χ0) is 16.8. The van der Waals surface area contributed by atoms with Crippen LogP contribution in [0, 0.1) is 0 Å². The van der Waals surface area contributed by atoms with Crippen molar-refractivity contribution in [2.45, 2.75) is 24.9 Å². The monoisotopic (exact) mass is 356 g/mol. The molecule has 0 spiro atoms. The van der Waals surface area contributed by atoms with E-state index < -0.39 is 0 Å². The van der Waals surface area contributed by atoms with Gasteiger partial charge in [-0.2, -0.15) is 5.10 Å². The molecule has 0 saturated carbocycles. The van der Waals surface area contributed by atoms with Crippen molar-refractivity contribution in [2.24, 2.45) is 0 Å². The van der Waals surface area contributed by atoms with E-state index >= 15 is 0 Å². The van der Waals surface area contributed by atoms with Gasteiger partial charge in [-0.3, -0.25) is 14.4 Å². The lowest BCUT2D eigenvalue weighted by Crippen LogP contribution is -2.51. The second-order valence-electron chi connectivity index (χ2n) is 6.89. The molecule has 2 saturated heterocycles. The lowest BCUT2D eigenvalue weighted by Gasteiger charge is -2.41. The summed E-state index contributed by atoms with van der Waals surface area (Å²) < 4.78 is 8.41. The second kappa shape index (κ2) is 6.09. The molecule has 2 aliphatic heterocycles. The zero-order valence-electron chi connectivity index (χ0n) is 13.9. The van der Waals surface area contributed by atoms with Gasteiger partial charge in [0.2, 0.25) is 0 Å². The van der Waals surface area contributed by atoms with Crippen molar-refractivity contribution in [3.05, 3.63) is 40.3 Å². The fourth-order valence-corrected chi connectivity index (χ4v) is 4.54. The molecule has 4 heterocycles. The molecule has 0 amide bonds. The van der Waals surface area contributed by atoms with E-state index in [1.165, 1.54) is 11.3 Å². The van der Waals surface area contributed by atoms with Gasteiger partial charge in [-0.15, -0.1) is 0 Å². The summed E-state index contributed by atoms with van der Waals surface area (Å²) in [6.07, 6.45) is 6.35. The molecule has 130 valence electrons. The van der Waals surface area contributed by atoms with Gasteiger partial charge >= 0.3 is 4.87 Å². The lowest BCUT2D eigenvalue weighted by atomic mass is 10.0. The number of aromatic nitrogens is 3. The molecular formula is C18H20N4O2S. The normalized spacial score (nSPS) is 20.2. The van der Waals surface area contributed by atoms with E-state index in [2.05, 4.69) is 31.9 Å². The Kier molecular flexibility index (Phi) is 3.73. The minimum Gasteiger partial charge on any atom is -0.378 e. The van der Waals surface area contributed by atoms with Gasteiger partial charge < -0.3 is 9.72 Å². The summed E-state index contributed by atoms with van der Waals surface area (Å²) in [5, 5.41) is 4.61. The van der Waals surface area contributed by atoms with Crippen LogP contribution in [-0.2, 0) is 4.74 Å². The van der Waals surface area contributed by atoms with Crippen LogP contribution in [-0.4, -0.2) is 52.0 Å². The van der Waals surface area contributed by atoms with E-state index in [4.69, 9.17) is 4.74 Å². The first-order valence-electron chi connectivity index (χ1n) is 8.75. The summed E-state index contributed by atoms with van der Waals surface area (Å²) in [5.74, 6) is 0. The highest BCUT2D eigenvalue weighted by atomic mass is 32.1. The Bertz CT molecular complexity index is 947. The minimum absolute atomic E-state index is 0.00790. The smallest absolute Gasteiger partial charge is 0.305 e. The summed E-state index contributed by atoms with van der Waals surface area (Å²) in [6.45, 7) is 4.03. The second-order valence-corrected chi connectivity index (χ2v) is 7.91. The fraction of sp³-hybridized carbons (Fsp3) is 0.444. The summed E-state index contributed by atoms with van der Waals surface area (Å²) in [4.78, 5) is 16.9. The van der Waals surface area contributed by atoms with Crippen LogP contribution in [0.2, 0.25) is 0 Å². The zero-order valence-corrected chi connectivity index (χ0v) is 14.7. The average molecular weight is 356 g/mol. The number of benzene rings is 1. The molecule has 3 aromatic rings. The number of ether oxygens (including phenoxy) is 1. The Morgan fingerprint density at radius 3 is 2.76 bits per heavy atom. The van der Waals surface area contributed by atoms with E-state index in [0.29, 0.717) is 12.1 Å². The highest BCUT2D eigenvalue weighted by molar-refractivity contribution is 7.16. The third-order valence-electron chi connectivity index (χ3n) is 5.37. The van der Waals surface area contributed by atoms with E-state index in [9.17, 15) is 4.79 Å². The largest absolute Gasteiger partial charge is 0.378 e. The van der Waals surface area contributed by atoms with E-state index in [1.807, 2.05) is 18.3 Å². The lowest BCUT2D eigenvalue weighted by molar-refractivity contribution is -0.0734. The number of H-pyrrole nitrogens is 1. The maximum Gasteiger partial charge on any atom is 0.305 e. The number of aromatic amines is 1. The molecule has 5 rings (SSSR count). The third kappa shape index (κ3) is 2.82. The van der Waals surface area contributed by atoms with Gasteiger partial charge in [0, 0.05) is 24.8 Å². The average Bonchev–Trinajstić information content (AvgIpc) is 3.19. The van der Waals surface area contributed by atoms with Gasteiger partial charge in [-0.25, -0.2) is 0 Å². The highest BCUT2D eigenvalue weighted by Gasteiger charge is 2.30. The van der Waals surface area contributed by atoms with Crippen LogP contribution < -0.4 is 4.87 Å². The maximum atomic E-state index is 11.5. The van der Waals surface area contributed by atoms with Crippen LogP contribution in [0.15, 0.2) is 35.4 Å². The first kappa shape index (κ1) is 15.3. The first-order chi connectivity index (χ1) is 12.3. The van der Waals surface area contributed by atoms with Crippen molar-refractivity contribution in [1.82, 2.24) is 19.7 Å². The SMILES string of the molecule is O=c1[nH]c2ccc(-c3cnn(C4CCN(C5COC5)CC4)c3)cc2s1. The van der Waals surface area contributed by atoms with Crippen LogP contribution in [0.3, 0.4) is 0 Å². The van der Waals surface area contributed by atoms with Crippen LogP contribution in [0.1, 0.15) is 18.9 Å². The number of fused-ring (bicyclic) bond motifs is 1. The Morgan fingerprint density at radius 2 is 2.00 bits per heavy atom. The van der Waals surface area contributed by atoms with Gasteiger partial charge in [0.25, 0.3) is 0 Å². The Hall–Kier alpha value is -1.96.